The van der Waals surface area contributed by atoms with Crippen LogP contribution in [-0.4, -0.2) is 12.7 Å². The number of nitrogens with zero attached hydrogens (tertiary/aromatic N) is 1. The topological polar surface area (TPSA) is 46.6 Å². The van der Waals surface area contributed by atoms with Gasteiger partial charge in [-0.25, -0.2) is 12.7 Å². The van der Waals surface area contributed by atoms with Crippen molar-refractivity contribution in [3.05, 3.63) is 102 Å². The molecule has 4 nitrogen and oxygen atoms in total. The van der Waals surface area contributed by atoms with Gasteiger partial charge in [0.25, 0.3) is 10.0 Å². The number of allylic oxidation sites excluding steroid dienone is 4. The predicted molar refractivity (Wildman–Crippen MR) is 102 cm³/mol. The molecule has 1 heterocycles. The number of ether oxygens (including phenoxy) is 1. The third kappa shape index (κ3) is 3.89. The van der Waals surface area contributed by atoms with Crippen molar-refractivity contribution in [2.24, 2.45) is 0 Å². The quantitative estimate of drug-likeness (QED) is 0.781. The summed E-state index contributed by atoms with van der Waals surface area (Å²) in [5.74, 6) is 0.305. The molecule has 0 aliphatic carbocycles. The van der Waals surface area contributed by atoms with Crippen molar-refractivity contribution >= 4 is 10.0 Å². The Hall–Kier alpha value is -2.79. The Balaban J connectivity index is 1.95. The van der Waals surface area contributed by atoms with E-state index in [0.29, 0.717) is 5.88 Å². The van der Waals surface area contributed by atoms with E-state index >= 15 is 0 Å². The largest absolute Gasteiger partial charge is 0.473 e. The van der Waals surface area contributed by atoms with Crippen LogP contribution in [0.3, 0.4) is 0 Å². The number of hydrogen-bond donors (Lipinski definition) is 0. The molecule has 0 N–H and O–H groups in total. The van der Waals surface area contributed by atoms with E-state index in [1.165, 1.54) is 10.5 Å². The lowest BCUT2D eigenvalue weighted by atomic mass is 10.2. The summed E-state index contributed by atoms with van der Waals surface area (Å²) in [5.41, 5.74) is 2.71. The molecule has 0 unspecified atom stereocenters. The van der Waals surface area contributed by atoms with Crippen LogP contribution in [0.15, 0.2) is 95.4 Å². The van der Waals surface area contributed by atoms with E-state index in [-0.39, 0.29) is 11.5 Å². The Kier molecular flexibility index (Phi) is 5.28. The van der Waals surface area contributed by atoms with Gasteiger partial charge in [0, 0.05) is 11.8 Å². The zero-order valence-corrected chi connectivity index (χ0v) is 15.6. The highest BCUT2D eigenvalue weighted by Crippen LogP contribution is 2.26. The van der Waals surface area contributed by atoms with Crippen LogP contribution < -0.4 is 0 Å². The Morgan fingerprint density at radius 1 is 0.923 bits per heavy atom. The van der Waals surface area contributed by atoms with Crippen LogP contribution in [-0.2, 0) is 21.4 Å². The van der Waals surface area contributed by atoms with Crippen molar-refractivity contribution in [2.45, 2.75) is 25.3 Å². The first-order valence-electron chi connectivity index (χ1n) is 8.32. The molecule has 0 amide bonds. The molecule has 1 aliphatic heterocycles. The average Bonchev–Trinajstić information content (AvgIpc) is 2.83. The summed E-state index contributed by atoms with van der Waals surface area (Å²) in [6, 6.07) is 16.5. The van der Waals surface area contributed by atoms with Gasteiger partial charge in [-0.3, -0.25) is 0 Å². The number of benzene rings is 2. The first kappa shape index (κ1) is 18.0. The molecular formula is C21H21NO3S. The average molecular weight is 367 g/mol. The van der Waals surface area contributed by atoms with Crippen LogP contribution in [0, 0.1) is 6.92 Å². The molecule has 0 spiro atoms. The number of rotatable bonds is 5. The Bertz CT molecular complexity index is 956. The predicted octanol–water partition coefficient (Wildman–Crippen LogP) is 4.52. The van der Waals surface area contributed by atoms with E-state index in [4.69, 9.17) is 4.74 Å². The third-order valence-corrected chi connectivity index (χ3v) is 5.69. The van der Waals surface area contributed by atoms with E-state index in [1.54, 1.807) is 36.4 Å². The Labute approximate surface area is 154 Å². The van der Waals surface area contributed by atoms with Gasteiger partial charge in [0.1, 0.15) is 6.61 Å². The molecular weight excluding hydrogens is 346 g/mol. The Morgan fingerprint density at radius 2 is 1.62 bits per heavy atom. The van der Waals surface area contributed by atoms with E-state index in [0.717, 1.165) is 16.7 Å². The highest BCUT2D eigenvalue weighted by atomic mass is 32.2. The molecule has 134 valence electrons. The van der Waals surface area contributed by atoms with Gasteiger partial charge < -0.3 is 4.74 Å². The summed E-state index contributed by atoms with van der Waals surface area (Å²) in [7, 11) is -3.76. The van der Waals surface area contributed by atoms with Crippen LogP contribution >= 0.6 is 0 Å². The van der Waals surface area contributed by atoms with Gasteiger partial charge in [-0.2, -0.15) is 0 Å². The van der Waals surface area contributed by atoms with Gasteiger partial charge in [0.15, 0.2) is 0 Å². The van der Waals surface area contributed by atoms with E-state index in [9.17, 15) is 8.42 Å². The van der Waals surface area contributed by atoms with Gasteiger partial charge in [-0.05, 0) is 37.6 Å². The van der Waals surface area contributed by atoms with Crippen LogP contribution in [0.1, 0.15) is 18.1 Å². The second-order valence-electron chi connectivity index (χ2n) is 6.08. The summed E-state index contributed by atoms with van der Waals surface area (Å²) in [4.78, 5) is 0.225. The van der Waals surface area contributed by atoms with Crippen molar-refractivity contribution in [3.8, 4) is 0 Å². The minimum Gasteiger partial charge on any atom is -0.473 e. The van der Waals surface area contributed by atoms with Crippen LogP contribution in [0.5, 0.6) is 0 Å². The number of sulfonamides is 1. The van der Waals surface area contributed by atoms with Crippen molar-refractivity contribution in [2.75, 3.05) is 0 Å². The second-order valence-corrected chi connectivity index (χ2v) is 7.89. The van der Waals surface area contributed by atoms with E-state index < -0.39 is 10.0 Å². The SMILES string of the molecule is CC1=C(OCc2ccccc2)N(S(=O)(=O)c2ccc(C)cc2)C=CC=C1. The number of aryl methyl sites for hydroxylation is 1. The molecule has 0 bridgehead atoms. The Morgan fingerprint density at radius 3 is 2.31 bits per heavy atom. The fourth-order valence-corrected chi connectivity index (χ4v) is 3.91. The number of hydrogen-bond acceptors (Lipinski definition) is 3. The van der Waals surface area contributed by atoms with Crippen molar-refractivity contribution < 1.29 is 13.2 Å². The summed E-state index contributed by atoms with van der Waals surface area (Å²) in [6.45, 7) is 4.04. The lowest BCUT2D eigenvalue weighted by Gasteiger charge is -2.24. The van der Waals surface area contributed by atoms with E-state index in [2.05, 4.69) is 0 Å². The first-order chi connectivity index (χ1) is 12.5. The van der Waals surface area contributed by atoms with Crippen LogP contribution in [0.25, 0.3) is 0 Å². The third-order valence-electron chi connectivity index (χ3n) is 4.01. The van der Waals surface area contributed by atoms with Crippen LogP contribution in [0.4, 0.5) is 0 Å². The highest BCUT2D eigenvalue weighted by Gasteiger charge is 2.27. The van der Waals surface area contributed by atoms with Crippen LogP contribution in [0.2, 0.25) is 0 Å². The van der Waals surface area contributed by atoms with Gasteiger partial charge in [0.2, 0.25) is 5.88 Å². The molecule has 0 saturated heterocycles. The summed E-state index contributed by atoms with van der Waals surface area (Å²) in [6.07, 6.45) is 6.84. The minimum atomic E-state index is -3.76. The minimum absolute atomic E-state index is 0.225. The molecule has 1 aliphatic rings. The molecule has 0 saturated carbocycles. The molecule has 0 atom stereocenters. The van der Waals surface area contributed by atoms with Gasteiger partial charge in [-0.1, -0.05) is 60.2 Å². The van der Waals surface area contributed by atoms with Crippen molar-refractivity contribution in [3.63, 3.8) is 0 Å². The highest BCUT2D eigenvalue weighted by molar-refractivity contribution is 7.89. The molecule has 3 rings (SSSR count). The first-order valence-corrected chi connectivity index (χ1v) is 9.76. The summed E-state index contributed by atoms with van der Waals surface area (Å²) >= 11 is 0. The molecule has 2 aromatic rings. The molecule has 26 heavy (non-hydrogen) atoms. The lowest BCUT2D eigenvalue weighted by Crippen LogP contribution is -2.27. The van der Waals surface area contributed by atoms with Crippen molar-refractivity contribution in [1.29, 1.82) is 0 Å². The monoisotopic (exact) mass is 367 g/mol. The zero-order chi connectivity index (χ0) is 18.6. The fourth-order valence-electron chi connectivity index (χ4n) is 2.56. The standard InChI is InChI=1S/C21H21NO3S/c1-17-11-13-20(14-12-17)26(23,24)22-15-7-6-8-18(2)21(22)25-16-19-9-4-3-5-10-19/h3-15H,16H2,1-2H3. The smallest absolute Gasteiger partial charge is 0.270 e. The normalized spacial score (nSPS) is 14.5. The zero-order valence-electron chi connectivity index (χ0n) is 14.8. The van der Waals surface area contributed by atoms with Gasteiger partial charge >= 0.3 is 0 Å². The molecule has 0 radical (unpaired) electrons. The van der Waals surface area contributed by atoms with E-state index in [1.807, 2.05) is 50.3 Å². The molecule has 5 heteroatoms. The summed E-state index contributed by atoms with van der Waals surface area (Å²) < 4.78 is 33.4. The van der Waals surface area contributed by atoms with Gasteiger partial charge in [-0.15, -0.1) is 0 Å². The fraction of sp³-hybridized carbons (Fsp3) is 0.143. The molecule has 0 aromatic heterocycles. The summed E-state index contributed by atoms with van der Waals surface area (Å²) in [5, 5.41) is 0. The van der Waals surface area contributed by atoms with Crippen molar-refractivity contribution in [1.82, 2.24) is 4.31 Å². The maximum Gasteiger partial charge on any atom is 0.270 e. The lowest BCUT2D eigenvalue weighted by molar-refractivity contribution is 0.153. The maximum absolute atomic E-state index is 13.2. The maximum atomic E-state index is 13.2. The second kappa shape index (κ2) is 7.62. The molecule has 2 aromatic carbocycles. The van der Waals surface area contributed by atoms with Gasteiger partial charge in [0.05, 0.1) is 4.90 Å². The molecule has 0 fully saturated rings.